The number of aryl methyl sites for hydroxylation is 2. The molecule has 0 fully saturated rings. The van der Waals surface area contributed by atoms with Crippen LogP contribution in [0.4, 0.5) is 0 Å². The van der Waals surface area contributed by atoms with Gasteiger partial charge >= 0.3 is 5.69 Å². The molecule has 0 aliphatic heterocycles. The standard InChI is InChI=1S/C25H28N6O2S/c1-18-22(19(2)31(29-18)16-21-11-7-4-8-12-21)15-26-23(32)17-34-25-28-27-24(33)30(25)14-13-20-9-5-3-6-10-20/h3-12H,13-17H2,1-2H3,(H,26,32)(H,27,33). The number of hydrogen-bond acceptors (Lipinski definition) is 5. The molecule has 1 amide bonds. The van der Waals surface area contributed by atoms with Gasteiger partial charge in [-0.3, -0.25) is 14.0 Å². The van der Waals surface area contributed by atoms with Crippen molar-refractivity contribution in [2.24, 2.45) is 0 Å². The summed E-state index contributed by atoms with van der Waals surface area (Å²) in [7, 11) is 0. The van der Waals surface area contributed by atoms with Crippen LogP contribution in [0.5, 0.6) is 0 Å². The van der Waals surface area contributed by atoms with E-state index < -0.39 is 0 Å². The highest BCUT2D eigenvalue weighted by molar-refractivity contribution is 7.99. The molecule has 4 rings (SSSR count). The lowest BCUT2D eigenvalue weighted by Gasteiger charge is -2.08. The highest BCUT2D eigenvalue weighted by Gasteiger charge is 2.15. The van der Waals surface area contributed by atoms with Crippen molar-refractivity contribution >= 4 is 17.7 Å². The number of aromatic nitrogens is 5. The molecule has 34 heavy (non-hydrogen) atoms. The van der Waals surface area contributed by atoms with Crippen LogP contribution in [-0.2, 0) is 30.8 Å². The zero-order valence-electron chi connectivity index (χ0n) is 19.3. The van der Waals surface area contributed by atoms with Gasteiger partial charge < -0.3 is 5.32 Å². The molecule has 0 saturated carbocycles. The van der Waals surface area contributed by atoms with Gasteiger partial charge in [-0.2, -0.15) is 5.10 Å². The average molecular weight is 477 g/mol. The number of amides is 1. The quantitative estimate of drug-likeness (QED) is 0.343. The number of H-pyrrole nitrogens is 1. The molecular weight excluding hydrogens is 448 g/mol. The molecule has 9 heteroatoms. The highest BCUT2D eigenvalue weighted by atomic mass is 32.2. The van der Waals surface area contributed by atoms with Crippen molar-refractivity contribution in [3.05, 3.63) is 99.2 Å². The molecule has 0 unspecified atom stereocenters. The van der Waals surface area contributed by atoms with Crippen LogP contribution >= 0.6 is 11.8 Å². The van der Waals surface area contributed by atoms with Crippen molar-refractivity contribution in [1.29, 1.82) is 0 Å². The Labute approximate surface area is 202 Å². The molecule has 2 aromatic heterocycles. The summed E-state index contributed by atoms with van der Waals surface area (Å²) in [4.78, 5) is 24.7. The zero-order valence-corrected chi connectivity index (χ0v) is 20.1. The molecule has 0 spiro atoms. The Balaban J connectivity index is 1.31. The Hall–Kier alpha value is -3.59. The highest BCUT2D eigenvalue weighted by Crippen LogP contribution is 2.16. The van der Waals surface area contributed by atoms with Gasteiger partial charge in [0.15, 0.2) is 5.16 Å². The summed E-state index contributed by atoms with van der Waals surface area (Å²) in [5.74, 6) is 0.0518. The van der Waals surface area contributed by atoms with E-state index in [1.807, 2.05) is 67.1 Å². The van der Waals surface area contributed by atoms with E-state index in [-0.39, 0.29) is 17.3 Å². The van der Waals surface area contributed by atoms with Crippen molar-refractivity contribution < 1.29 is 4.79 Å². The number of benzene rings is 2. The monoisotopic (exact) mass is 476 g/mol. The van der Waals surface area contributed by atoms with Crippen LogP contribution in [0.1, 0.15) is 28.1 Å². The molecule has 2 heterocycles. The molecule has 0 aliphatic rings. The van der Waals surface area contributed by atoms with Gasteiger partial charge in [0.05, 0.1) is 18.0 Å². The number of carbonyl (C=O) groups excluding carboxylic acids is 1. The van der Waals surface area contributed by atoms with E-state index in [1.165, 1.54) is 17.3 Å². The Morgan fingerprint density at radius 2 is 1.71 bits per heavy atom. The van der Waals surface area contributed by atoms with Gasteiger partial charge in [-0.25, -0.2) is 9.89 Å². The zero-order chi connectivity index (χ0) is 23.9. The molecule has 0 saturated heterocycles. The number of rotatable bonds is 10. The first-order valence-corrected chi connectivity index (χ1v) is 12.1. The van der Waals surface area contributed by atoms with Crippen LogP contribution in [0.3, 0.4) is 0 Å². The van der Waals surface area contributed by atoms with Crippen LogP contribution in [0, 0.1) is 13.8 Å². The molecule has 4 aromatic rings. The first-order valence-electron chi connectivity index (χ1n) is 11.2. The fourth-order valence-electron chi connectivity index (χ4n) is 3.76. The van der Waals surface area contributed by atoms with Crippen molar-refractivity contribution in [1.82, 2.24) is 29.9 Å². The summed E-state index contributed by atoms with van der Waals surface area (Å²) in [6.07, 6.45) is 0.714. The smallest absolute Gasteiger partial charge is 0.343 e. The van der Waals surface area contributed by atoms with Crippen LogP contribution in [0.15, 0.2) is 70.6 Å². The predicted octanol–water partition coefficient (Wildman–Crippen LogP) is 3.08. The maximum atomic E-state index is 12.5. The van der Waals surface area contributed by atoms with E-state index in [0.29, 0.717) is 31.2 Å². The van der Waals surface area contributed by atoms with Gasteiger partial charge in [0, 0.05) is 24.3 Å². The topological polar surface area (TPSA) is 97.6 Å². The summed E-state index contributed by atoms with van der Waals surface area (Å²) in [5.41, 5.74) is 5.02. The predicted molar refractivity (Wildman–Crippen MR) is 133 cm³/mol. The Bertz CT molecular complexity index is 1290. The van der Waals surface area contributed by atoms with Gasteiger partial charge in [0.2, 0.25) is 5.91 Å². The summed E-state index contributed by atoms with van der Waals surface area (Å²) in [6.45, 7) is 5.58. The van der Waals surface area contributed by atoms with Crippen molar-refractivity contribution in [2.75, 3.05) is 5.75 Å². The van der Waals surface area contributed by atoms with E-state index in [4.69, 9.17) is 0 Å². The number of hydrogen-bond donors (Lipinski definition) is 2. The SMILES string of the molecule is Cc1nn(Cc2ccccc2)c(C)c1CNC(=O)CSc1n[nH]c(=O)n1CCc1ccccc1. The number of carbonyl (C=O) groups is 1. The van der Waals surface area contributed by atoms with Gasteiger partial charge in [-0.05, 0) is 31.4 Å². The molecule has 8 nitrogen and oxygen atoms in total. The molecule has 0 bridgehead atoms. The third-order valence-corrected chi connectivity index (χ3v) is 6.67. The van der Waals surface area contributed by atoms with Crippen LogP contribution in [-0.4, -0.2) is 36.2 Å². The fourth-order valence-corrected chi connectivity index (χ4v) is 4.57. The lowest BCUT2D eigenvalue weighted by atomic mass is 10.1. The third-order valence-electron chi connectivity index (χ3n) is 5.69. The number of thioether (sulfide) groups is 1. The van der Waals surface area contributed by atoms with E-state index in [2.05, 4.69) is 32.7 Å². The fraction of sp³-hybridized carbons (Fsp3) is 0.280. The summed E-state index contributed by atoms with van der Waals surface area (Å²) in [5, 5.41) is 14.7. The maximum Gasteiger partial charge on any atom is 0.343 e. The first-order chi connectivity index (χ1) is 16.5. The van der Waals surface area contributed by atoms with Gasteiger partial charge in [-0.15, -0.1) is 5.10 Å². The van der Waals surface area contributed by atoms with E-state index in [1.54, 1.807) is 4.57 Å². The number of aromatic amines is 1. The average Bonchev–Trinajstić information content (AvgIpc) is 3.33. The lowest BCUT2D eigenvalue weighted by Crippen LogP contribution is -2.25. The minimum absolute atomic E-state index is 0.121. The maximum absolute atomic E-state index is 12.5. The van der Waals surface area contributed by atoms with Crippen LogP contribution in [0.25, 0.3) is 0 Å². The minimum atomic E-state index is -0.268. The van der Waals surface area contributed by atoms with Gasteiger partial charge in [0.1, 0.15) is 0 Å². The Kier molecular flexibility index (Phi) is 7.64. The Morgan fingerprint density at radius 3 is 2.41 bits per heavy atom. The molecule has 0 atom stereocenters. The van der Waals surface area contributed by atoms with E-state index in [9.17, 15) is 9.59 Å². The lowest BCUT2D eigenvalue weighted by molar-refractivity contribution is -0.118. The van der Waals surface area contributed by atoms with E-state index >= 15 is 0 Å². The largest absolute Gasteiger partial charge is 0.351 e. The second-order valence-electron chi connectivity index (χ2n) is 8.06. The molecule has 2 N–H and O–H groups in total. The number of nitrogens with zero attached hydrogens (tertiary/aromatic N) is 4. The van der Waals surface area contributed by atoms with Gasteiger partial charge in [0.25, 0.3) is 0 Å². The Morgan fingerprint density at radius 1 is 1.03 bits per heavy atom. The second-order valence-corrected chi connectivity index (χ2v) is 9.00. The third kappa shape index (κ3) is 5.85. The molecule has 0 radical (unpaired) electrons. The molecule has 176 valence electrons. The van der Waals surface area contributed by atoms with Gasteiger partial charge in [-0.1, -0.05) is 72.4 Å². The van der Waals surface area contributed by atoms with Crippen molar-refractivity contribution in [3.8, 4) is 0 Å². The first kappa shape index (κ1) is 23.6. The van der Waals surface area contributed by atoms with Crippen LogP contribution < -0.4 is 11.0 Å². The number of nitrogens with one attached hydrogen (secondary N) is 2. The van der Waals surface area contributed by atoms with E-state index in [0.717, 1.165) is 22.5 Å². The summed E-state index contributed by atoms with van der Waals surface area (Å²) < 4.78 is 3.54. The second kappa shape index (κ2) is 11.0. The molecular formula is C25H28N6O2S. The summed E-state index contributed by atoms with van der Waals surface area (Å²) in [6, 6.07) is 20.1. The minimum Gasteiger partial charge on any atom is -0.351 e. The normalized spacial score (nSPS) is 11.0. The summed E-state index contributed by atoms with van der Waals surface area (Å²) >= 11 is 1.25. The molecule has 2 aromatic carbocycles. The van der Waals surface area contributed by atoms with Crippen LogP contribution in [0.2, 0.25) is 0 Å². The van der Waals surface area contributed by atoms with Crippen molar-refractivity contribution in [3.63, 3.8) is 0 Å². The molecule has 0 aliphatic carbocycles. The van der Waals surface area contributed by atoms with Crippen molar-refractivity contribution in [2.45, 2.75) is 45.1 Å².